The zero-order valence-electron chi connectivity index (χ0n) is 20.0. The molecule has 1 aliphatic heterocycles. The number of hydrogen-bond donors (Lipinski definition) is 1. The first-order chi connectivity index (χ1) is 16.3. The number of ketones is 2. The van der Waals surface area contributed by atoms with Gasteiger partial charge < -0.3 is 4.98 Å². The topological polar surface area (TPSA) is 83.9 Å². The van der Waals surface area contributed by atoms with Gasteiger partial charge >= 0.3 is 0 Å². The Hall–Kier alpha value is -2.78. The lowest BCUT2D eigenvalue weighted by Crippen LogP contribution is -2.30. The van der Waals surface area contributed by atoms with Crippen molar-refractivity contribution in [2.24, 2.45) is 0 Å². The third-order valence-corrected chi connectivity index (χ3v) is 7.33. The number of aryl methyl sites for hydroxylation is 1. The Labute approximate surface area is 203 Å². The van der Waals surface area contributed by atoms with Crippen LogP contribution in [0.3, 0.4) is 0 Å². The summed E-state index contributed by atoms with van der Waals surface area (Å²) < 4.78 is 15.5. The monoisotopic (exact) mass is 483 g/mol. The number of Topliss-reactive ketones (excluding diaryl/α,β-unsaturated/α-hetero) is 2. The quantitative estimate of drug-likeness (QED) is 0.362. The van der Waals surface area contributed by atoms with Gasteiger partial charge in [0.25, 0.3) is 0 Å². The van der Waals surface area contributed by atoms with Gasteiger partial charge in [0, 0.05) is 16.9 Å². The first kappa shape index (κ1) is 24.3. The molecule has 1 N–H and O–H groups in total. The molecular weight excluding hydrogens is 453 g/mol. The molecular formula is C25H30FN5O2S. The van der Waals surface area contributed by atoms with E-state index < -0.39 is 5.25 Å². The van der Waals surface area contributed by atoms with Crippen molar-refractivity contribution in [1.82, 2.24) is 24.6 Å². The second-order valence-corrected chi connectivity index (χ2v) is 10.2. The van der Waals surface area contributed by atoms with Crippen molar-refractivity contribution in [2.75, 3.05) is 13.1 Å². The van der Waals surface area contributed by atoms with Gasteiger partial charge in [0.15, 0.2) is 22.5 Å². The molecule has 1 atom stereocenters. The highest BCUT2D eigenvalue weighted by atomic mass is 32.2. The molecule has 4 rings (SSSR count). The van der Waals surface area contributed by atoms with Crippen molar-refractivity contribution in [3.63, 3.8) is 0 Å². The molecule has 1 saturated heterocycles. The predicted octanol–water partition coefficient (Wildman–Crippen LogP) is 4.90. The van der Waals surface area contributed by atoms with Crippen LogP contribution in [0.25, 0.3) is 5.69 Å². The second kappa shape index (κ2) is 10.2. The minimum Gasteiger partial charge on any atom is -0.355 e. The lowest BCUT2D eigenvalue weighted by atomic mass is 10.0. The highest BCUT2D eigenvalue weighted by Gasteiger charge is 2.27. The van der Waals surface area contributed by atoms with Gasteiger partial charge in [-0.25, -0.2) is 4.39 Å². The third kappa shape index (κ3) is 5.00. The summed E-state index contributed by atoms with van der Waals surface area (Å²) in [5, 5.41) is 8.96. The van der Waals surface area contributed by atoms with Crippen LogP contribution in [0.2, 0.25) is 0 Å². The molecule has 7 nitrogen and oxygen atoms in total. The molecule has 1 aliphatic rings. The average Bonchev–Trinajstić information content (AvgIpc) is 3.33. The summed E-state index contributed by atoms with van der Waals surface area (Å²) in [5.74, 6) is 0.279. The summed E-state index contributed by atoms with van der Waals surface area (Å²) >= 11 is 1.31. The van der Waals surface area contributed by atoms with Crippen molar-refractivity contribution < 1.29 is 14.0 Å². The molecule has 0 unspecified atom stereocenters. The normalized spacial score (nSPS) is 15.4. The Morgan fingerprint density at radius 2 is 1.79 bits per heavy atom. The number of rotatable bonds is 8. The van der Waals surface area contributed by atoms with Gasteiger partial charge in [-0.15, -0.1) is 10.2 Å². The fourth-order valence-corrected chi connectivity index (χ4v) is 5.53. The van der Waals surface area contributed by atoms with Crippen LogP contribution in [0.5, 0.6) is 0 Å². The highest BCUT2D eigenvalue weighted by Crippen LogP contribution is 2.30. The number of aromatic amines is 1. The molecule has 9 heteroatoms. The first-order valence-electron chi connectivity index (χ1n) is 11.6. The Bertz CT molecular complexity index is 1190. The number of nitrogens with one attached hydrogen (secondary N) is 1. The van der Waals surface area contributed by atoms with E-state index in [1.807, 2.05) is 11.5 Å². The van der Waals surface area contributed by atoms with E-state index in [0.29, 0.717) is 34.2 Å². The maximum absolute atomic E-state index is 13.6. The third-order valence-electron chi connectivity index (χ3n) is 6.29. The van der Waals surface area contributed by atoms with Crippen LogP contribution in [-0.4, -0.2) is 54.6 Å². The first-order valence-corrected chi connectivity index (χ1v) is 12.5. The van der Waals surface area contributed by atoms with E-state index in [9.17, 15) is 14.0 Å². The number of hydrogen-bond acceptors (Lipinski definition) is 6. The lowest BCUT2D eigenvalue weighted by molar-refractivity contribution is 0.0988. The fraction of sp³-hybridized carbons (Fsp3) is 0.440. The Balaban J connectivity index is 1.63. The van der Waals surface area contributed by atoms with Gasteiger partial charge in [-0.3, -0.25) is 19.1 Å². The van der Waals surface area contributed by atoms with Crippen molar-refractivity contribution in [2.45, 2.75) is 63.9 Å². The van der Waals surface area contributed by atoms with Crippen LogP contribution < -0.4 is 0 Å². The van der Waals surface area contributed by atoms with E-state index in [0.717, 1.165) is 37.4 Å². The Morgan fingerprint density at radius 3 is 2.41 bits per heavy atom. The number of benzene rings is 1. The number of thioether (sulfide) groups is 1. The number of likely N-dealkylation sites (tertiary alicyclic amines) is 1. The number of carbonyl (C=O) groups excluding carboxylic acids is 2. The van der Waals surface area contributed by atoms with Crippen LogP contribution in [0.4, 0.5) is 4.39 Å². The zero-order valence-corrected chi connectivity index (χ0v) is 20.8. The molecule has 1 aromatic carbocycles. The number of halogens is 1. The molecule has 3 aromatic rings. The molecule has 34 heavy (non-hydrogen) atoms. The van der Waals surface area contributed by atoms with Gasteiger partial charge in [0.1, 0.15) is 5.82 Å². The molecule has 0 amide bonds. The summed E-state index contributed by atoms with van der Waals surface area (Å²) in [4.78, 5) is 30.7. The van der Waals surface area contributed by atoms with Gasteiger partial charge in [-0.1, -0.05) is 18.2 Å². The van der Waals surface area contributed by atoms with Gasteiger partial charge in [0.05, 0.1) is 17.5 Å². The van der Waals surface area contributed by atoms with E-state index >= 15 is 0 Å². The lowest BCUT2D eigenvalue weighted by Gasteiger charge is -2.26. The smallest absolute Gasteiger partial charge is 0.196 e. The second-order valence-electron chi connectivity index (χ2n) is 8.85. The summed E-state index contributed by atoms with van der Waals surface area (Å²) in [5.41, 5.74) is 3.14. The molecule has 0 aliphatic carbocycles. The summed E-state index contributed by atoms with van der Waals surface area (Å²) in [6.45, 7) is 9.59. The molecule has 0 spiro atoms. The zero-order chi connectivity index (χ0) is 24.4. The SMILES string of the molecule is CC(=O)c1c(C)[nH]c(C(=O)[C@H](C)Sc2nnc(CN3CCCCC3)n2-c2ccc(F)cc2)c1C. The van der Waals surface area contributed by atoms with E-state index in [1.165, 1.54) is 37.2 Å². The summed E-state index contributed by atoms with van der Waals surface area (Å²) in [6.07, 6.45) is 3.56. The highest BCUT2D eigenvalue weighted by molar-refractivity contribution is 8.00. The summed E-state index contributed by atoms with van der Waals surface area (Å²) in [6, 6.07) is 6.23. The molecule has 0 radical (unpaired) electrons. The van der Waals surface area contributed by atoms with Crippen molar-refractivity contribution >= 4 is 23.3 Å². The molecule has 0 saturated carbocycles. The maximum Gasteiger partial charge on any atom is 0.196 e. The number of piperidine rings is 1. The van der Waals surface area contributed by atoms with Crippen molar-refractivity contribution in [1.29, 1.82) is 0 Å². The fourth-order valence-electron chi connectivity index (χ4n) is 4.59. The minimum absolute atomic E-state index is 0.0657. The summed E-state index contributed by atoms with van der Waals surface area (Å²) in [7, 11) is 0. The average molecular weight is 484 g/mol. The molecule has 1 fully saturated rings. The van der Waals surface area contributed by atoms with Crippen molar-refractivity contribution in [3.8, 4) is 5.69 Å². The number of nitrogens with zero attached hydrogens (tertiary/aromatic N) is 4. The van der Waals surface area contributed by atoms with Gasteiger partial charge in [-0.05, 0) is 83.5 Å². The van der Waals surface area contributed by atoms with Crippen LogP contribution >= 0.6 is 11.8 Å². The van der Waals surface area contributed by atoms with E-state index in [1.54, 1.807) is 26.0 Å². The van der Waals surface area contributed by atoms with Gasteiger partial charge in [-0.2, -0.15) is 0 Å². The van der Waals surface area contributed by atoms with E-state index in [2.05, 4.69) is 20.1 Å². The van der Waals surface area contributed by atoms with Gasteiger partial charge in [0.2, 0.25) is 0 Å². The Morgan fingerprint density at radius 1 is 1.12 bits per heavy atom. The molecule has 3 heterocycles. The van der Waals surface area contributed by atoms with Crippen LogP contribution in [0.1, 0.15) is 71.0 Å². The minimum atomic E-state index is -0.470. The molecule has 0 bridgehead atoms. The van der Waals surface area contributed by atoms with Crippen LogP contribution in [0.15, 0.2) is 29.4 Å². The standard InChI is InChI=1S/C25H30FN5O2S/c1-15-22(17(3)32)16(2)27-23(15)24(33)18(4)34-25-29-28-21(14-30-12-6-5-7-13-30)31(25)20-10-8-19(26)9-11-20/h8-11,18,27H,5-7,12-14H2,1-4H3/t18-/m0/s1. The molecule has 180 valence electrons. The Kier molecular flexibility index (Phi) is 7.33. The maximum atomic E-state index is 13.6. The number of carbonyl (C=O) groups is 2. The van der Waals surface area contributed by atoms with Crippen molar-refractivity contribution in [3.05, 3.63) is 58.4 Å². The number of aromatic nitrogens is 4. The van der Waals surface area contributed by atoms with Crippen LogP contribution in [-0.2, 0) is 6.54 Å². The predicted molar refractivity (Wildman–Crippen MR) is 130 cm³/mol. The largest absolute Gasteiger partial charge is 0.355 e. The van der Waals surface area contributed by atoms with E-state index in [-0.39, 0.29) is 17.4 Å². The van der Waals surface area contributed by atoms with Crippen LogP contribution in [0, 0.1) is 19.7 Å². The van der Waals surface area contributed by atoms with E-state index in [4.69, 9.17) is 0 Å². The number of H-pyrrole nitrogens is 1. The molecule has 2 aromatic heterocycles.